The van der Waals surface area contributed by atoms with Crippen molar-refractivity contribution in [3.8, 4) is 5.75 Å². The molecule has 0 spiro atoms. The number of aromatic nitrogens is 3. The molecule has 1 aromatic carbocycles. The van der Waals surface area contributed by atoms with Gasteiger partial charge in [-0.2, -0.15) is 0 Å². The molecule has 0 saturated carbocycles. The number of para-hydroxylation sites is 1. The van der Waals surface area contributed by atoms with Crippen LogP contribution in [0.4, 0.5) is 5.69 Å². The van der Waals surface area contributed by atoms with Gasteiger partial charge in [-0.25, -0.2) is 4.98 Å². The highest BCUT2D eigenvalue weighted by atomic mass is 32.2. The van der Waals surface area contributed by atoms with Crippen LogP contribution in [0.2, 0.25) is 0 Å². The molecular formula is C14H10N4O4S. The monoisotopic (exact) mass is 330 g/mol. The third kappa shape index (κ3) is 4.04. The summed E-state index contributed by atoms with van der Waals surface area (Å²) in [7, 11) is 0. The summed E-state index contributed by atoms with van der Waals surface area (Å²) in [6, 6.07) is 12.2. The van der Waals surface area contributed by atoms with Crippen LogP contribution in [0.5, 0.6) is 5.75 Å². The van der Waals surface area contributed by atoms with Crippen molar-refractivity contribution < 1.29 is 14.1 Å². The first kappa shape index (κ1) is 15.0. The van der Waals surface area contributed by atoms with E-state index < -0.39 is 4.92 Å². The van der Waals surface area contributed by atoms with Crippen molar-refractivity contribution in [3.05, 3.63) is 64.7 Å². The van der Waals surface area contributed by atoms with Gasteiger partial charge >= 0.3 is 0 Å². The van der Waals surface area contributed by atoms with Crippen LogP contribution in [0.3, 0.4) is 0 Å². The lowest BCUT2D eigenvalue weighted by molar-refractivity contribution is -0.385. The van der Waals surface area contributed by atoms with Gasteiger partial charge < -0.3 is 9.15 Å². The Labute approximate surface area is 134 Å². The normalized spacial score (nSPS) is 10.4. The fraction of sp³-hybridized carbons (Fsp3) is 0.0714. The second-order valence-corrected chi connectivity index (χ2v) is 5.25. The molecule has 8 nitrogen and oxygen atoms in total. The zero-order chi connectivity index (χ0) is 16.1. The van der Waals surface area contributed by atoms with Crippen molar-refractivity contribution in [1.82, 2.24) is 15.2 Å². The second kappa shape index (κ2) is 6.88. The van der Waals surface area contributed by atoms with Crippen LogP contribution >= 0.6 is 11.8 Å². The quantitative estimate of drug-likeness (QED) is 0.501. The van der Waals surface area contributed by atoms with E-state index in [0.29, 0.717) is 16.7 Å². The number of ether oxygens (including phenoxy) is 1. The average Bonchev–Trinajstić information content (AvgIpc) is 3.02. The predicted octanol–water partition coefficient (Wildman–Crippen LogP) is 3.10. The van der Waals surface area contributed by atoms with Crippen molar-refractivity contribution in [2.75, 3.05) is 0 Å². The van der Waals surface area contributed by atoms with E-state index in [1.54, 1.807) is 0 Å². The van der Waals surface area contributed by atoms with Gasteiger partial charge in [0.2, 0.25) is 0 Å². The minimum Gasteiger partial charge on any atom is -0.484 e. The van der Waals surface area contributed by atoms with Crippen molar-refractivity contribution in [3.63, 3.8) is 0 Å². The fourth-order valence-electron chi connectivity index (χ4n) is 1.63. The highest BCUT2D eigenvalue weighted by Gasteiger charge is 2.11. The average molecular weight is 330 g/mol. The third-order valence-electron chi connectivity index (χ3n) is 2.68. The number of nitrogens with zero attached hydrogens (tertiary/aromatic N) is 4. The standard InChI is InChI=1S/C14H10N4O4S/c19-18(20)10-6-7-13(15-8-10)23-14-17-16-12(22-14)9-21-11-4-2-1-3-5-11/h1-8H,9H2. The van der Waals surface area contributed by atoms with Gasteiger partial charge in [0.1, 0.15) is 17.0 Å². The van der Waals surface area contributed by atoms with Crippen LogP contribution in [0.15, 0.2) is 63.3 Å². The smallest absolute Gasteiger partial charge is 0.287 e. The zero-order valence-corrected chi connectivity index (χ0v) is 12.5. The van der Waals surface area contributed by atoms with Crippen LogP contribution in [0, 0.1) is 10.1 Å². The van der Waals surface area contributed by atoms with E-state index in [9.17, 15) is 10.1 Å². The van der Waals surface area contributed by atoms with Crippen molar-refractivity contribution in [1.29, 1.82) is 0 Å². The molecule has 0 atom stereocenters. The maximum atomic E-state index is 10.6. The number of hydrogen-bond acceptors (Lipinski definition) is 8. The van der Waals surface area contributed by atoms with Gasteiger partial charge in [0.15, 0.2) is 6.61 Å². The Kier molecular flexibility index (Phi) is 4.48. The summed E-state index contributed by atoms with van der Waals surface area (Å²) in [5.74, 6) is 1.04. The molecule has 23 heavy (non-hydrogen) atoms. The maximum Gasteiger partial charge on any atom is 0.287 e. The Morgan fingerprint density at radius 3 is 2.70 bits per heavy atom. The number of hydrogen-bond donors (Lipinski definition) is 0. The summed E-state index contributed by atoms with van der Waals surface area (Å²) < 4.78 is 10.9. The van der Waals surface area contributed by atoms with E-state index in [0.717, 1.165) is 11.8 Å². The topological polar surface area (TPSA) is 104 Å². The Morgan fingerprint density at radius 1 is 1.17 bits per heavy atom. The highest BCUT2D eigenvalue weighted by molar-refractivity contribution is 7.99. The van der Waals surface area contributed by atoms with Crippen LogP contribution < -0.4 is 4.74 Å². The molecule has 0 radical (unpaired) electrons. The molecule has 0 amide bonds. The Morgan fingerprint density at radius 2 is 2.00 bits per heavy atom. The van der Waals surface area contributed by atoms with Crippen LogP contribution in [-0.2, 0) is 6.61 Å². The van der Waals surface area contributed by atoms with Gasteiger partial charge in [-0.05, 0) is 30.0 Å². The molecule has 0 saturated heterocycles. The summed E-state index contributed by atoms with van der Waals surface area (Å²) >= 11 is 1.12. The van der Waals surface area contributed by atoms with Crippen molar-refractivity contribution in [2.45, 2.75) is 16.9 Å². The van der Waals surface area contributed by atoms with Crippen LogP contribution in [-0.4, -0.2) is 20.1 Å². The van der Waals surface area contributed by atoms with E-state index in [-0.39, 0.29) is 17.5 Å². The Balaban J connectivity index is 1.59. The molecule has 0 aliphatic rings. The lowest BCUT2D eigenvalue weighted by Crippen LogP contribution is -1.95. The molecule has 0 aliphatic carbocycles. The van der Waals surface area contributed by atoms with Gasteiger partial charge in [-0.3, -0.25) is 10.1 Å². The van der Waals surface area contributed by atoms with E-state index in [1.807, 2.05) is 30.3 Å². The summed E-state index contributed by atoms with van der Waals surface area (Å²) in [6.45, 7) is 0.158. The minimum atomic E-state index is -0.507. The molecule has 0 bridgehead atoms. The van der Waals surface area contributed by atoms with Crippen molar-refractivity contribution >= 4 is 17.4 Å². The first-order chi connectivity index (χ1) is 11.2. The van der Waals surface area contributed by atoms with Crippen molar-refractivity contribution in [2.24, 2.45) is 0 Å². The molecule has 3 rings (SSSR count). The predicted molar refractivity (Wildman–Crippen MR) is 80.1 cm³/mol. The van der Waals surface area contributed by atoms with E-state index in [1.165, 1.54) is 18.3 Å². The van der Waals surface area contributed by atoms with Gasteiger partial charge in [0.05, 0.1) is 4.92 Å². The Hall–Kier alpha value is -2.94. The lowest BCUT2D eigenvalue weighted by atomic mass is 10.3. The van der Waals surface area contributed by atoms with E-state index >= 15 is 0 Å². The van der Waals surface area contributed by atoms with Crippen LogP contribution in [0.1, 0.15) is 5.89 Å². The number of rotatable bonds is 6. The van der Waals surface area contributed by atoms with Gasteiger partial charge in [-0.1, -0.05) is 18.2 Å². The maximum absolute atomic E-state index is 10.6. The second-order valence-electron chi connectivity index (χ2n) is 4.28. The summed E-state index contributed by atoms with van der Waals surface area (Å²) in [4.78, 5) is 14.0. The molecule has 2 aromatic heterocycles. The van der Waals surface area contributed by atoms with Gasteiger partial charge in [0, 0.05) is 6.07 Å². The Bertz CT molecular complexity index is 792. The van der Waals surface area contributed by atoms with Crippen LogP contribution in [0.25, 0.3) is 0 Å². The minimum absolute atomic E-state index is 0.0724. The number of benzene rings is 1. The van der Waals surface area contributed by atoms with Gasteiger partial charge in [0.25, 0.3) is 16.8 Å². The van der Waals surface area contributed by atoms with Gasteiger partial charge in [-0.15, -0.1) is 10.2 Å². The molecular weight excluding hydrogens is 320 g/mol. The molecule has 0 fully saturated rings. The van der Waals surface area contributed by atoms with E-state index in [4.69, 9.17) is 9.15 Å². The first-order valence-corrected chi connectivity index (χ1v) is 7.31. The van der Waals surface area contributed by atoms with E-state index in [2.05, 4.69) is 15.2 Å². The lowest BCUT2D eigenvalue weighted by Gasteiger charge is -2.01. The summed E-state index contributed by atoms with van der Waals surface area (Å²) in [5, 5.41) is 19.1. The molecule has 0 N–H and O–H groups in total. The largest absolute Gasteiger partial charge is 0.484 e. The number of nitro groups is 1. The summed E-state index contributed by atoms with van der Waals surface area (Å²) in [6.07, 6.45) is 1.18. The molecule has 116 valence electrons. The SMILES string of the molecule is O=[N+]([O-])c1ccc(Sc2nnc(COc3ccccc3)o2)nc1. The molecule has 3 aromatic rings. The molecule has 9 heteroatoms. The highest BCUT2D eigenvalue weighted by Crippen LogP contribution is 2.26. The fourth-order valence-corrected chi connectivity index (χ4v) is 2.27. The molecule has 0 unspecified atom stereocenters. The zero-order valence-electron chi connectivity index (χ0n) is 11.7. The molecule has 2 heterocycles. The summed E-state index contributed by atoms with van der Waals surface area (Å²) in [5.41, 5.74) is -0.0724. The number of pyridine rings is 1. The molecule has 0 aliphatic heterocycles. The third-order valence-corrected chi connectivity index (χ3v) is 3.47. The first-order valence-electron chi connectivity index (χ1n) is 6.49.